The summed E-state index contributed by atoms with van der Waals surface area (Å²) in [4.78, 5) is 17.1. The van der Waals surface area contributed by atoms with Crippen LogP contribution in [0.3, 0.4) is 0 Å². The predicted octanol–water partition coefficient (Wildman–Crippen LogP) is 2.07. The van der Waals surface area contributed by atoms with Gasteiger partial charge in [-0.25, -0.2) is 0 Å². The third-order valence-electron chi connectivity index (χ3n) is 5.30. The van der Waals surface area contributed by atoms with E-state index in [0.29, 0.717) is 11.9 Å². The van der Waals surface area contributed by atoms with Gasteiger partial charge in [0.15, 0.2) is 0 Å². The maximum absolute atomic E-state index is 12.6. The molecule has 0 saturated carbocycles. The van der Waals surface area contributed by atoms with Crippen molar-refractivity contribution in [3.8, 4) is 0 Å². The largest absolute Gasteiger partial charge is 0.342 e. The molecule has 0 radical (unpaired) electrons. The Morgan fingerprint density at radius 1 is 1.19 bits per heavy atom. The third kappa shape index (κ3) is 6.89. The van der Waals surface area contributed by atoms with Gasteiger partial charge in [0.2, 0.25) is 5.91 Å². The normalized spacial score (nSPS) is 21.0. The number of aromatic nitrogens is 2. The van der Waals surface area contributed by atoms with Crippen LogP contribution in [-0.2, 0) is 11.3 Å². The summed E-state index contributed by atoms with van der Waals surface area (Å²) >= 11 is 0. The highest BCUT2D eigenvalue weighted by Crippen LogP contribution is 2.20. The lowest BCUT2D eigenvalue weighted by atomic mass is 9.96. The van der Waals surface area contributed by atoms with E-state index < -0.39 is 0 Å². The van der Waals surface area contributed by atoms with Gasteiger partial charge in [-0.1, -0.05) is 0 Å². The summed E-state index contributed by atoms with van der Waals surface area (Å²) in [5.74, 6) is 0.527. The lowest BCUT2D eigenvalue weighted by molar-refractivity contribution is -0.137. The van der Waals surface area contributed by atoms with Crippen LogP contribution in [0.25, 0.3) is 0 Å². The summed E-state index contributed by atoms with van der Waals surface area (Å²) in [5.41, 5.74) is 0. The van der Waals surface area contributed by atoms with Crippen molar-refractivity contribution < 1.29 is 4.79 Å². The number of hydrogen-bond donors (Lipinski definition) is 1. The quantitative estimate of drug-likeness (QED) is 0.780. The molecule has 0 bridgehead atoms. The molecular formula is C17H32Cl3N5O. The van der Waals surface area contributed by atoms with Gasteiger partial charge in [-0.15, -0.1) is 37.2 Å². The Bertz CT molecular complexity index is 489. The van der Waals surface area contributed by atoms with Crippen molar-refractivity contribution in [2.45, 2.75) is 38.3 Å². The van der Waals surface area contributed by atoms with E-state index >= 15 is 0 Å². The molecule has 2 aliphatic heterocycles. The molecule has 26 heavy (non-hydrogen) atoms. The Balaban J connectivity index is 0.00000208. The second-order valence-electron chi connectivity index (χ2n) is 6.83. The molecule has 1 aromatic rings. The number of nitrogens with one attached hydrogen (secondary N) is 1. The Labute approximate surface area is 175 Å². The van der Waals surface area contributed by atoms with E-state index in [1.165, 1.54) is 0 Å². The van der Waals surface area contributed by atoms with Crippen LogP contribution in [0.15, 0.2) is 18.5 Å². The van der Waals surface area contributed by atoms with Gasteiger partial charge >= 0.3 is 0 Å². The van der Waals surface area contributed by atoms with E-state index in [1.54, 1.807) is 0 Å². The van der Waals surface area contributed by atoms with Crippen LogP contribution in [0.2, 0.25) is 0 Å². The number of nitrogens with zero attached hydrogens (tertiary/aromatic N) is 4. The first kappa shape index (κ1) is 25.5. The molecule has 1 N–H and O–H groups in total. The van der Waals surface area contributed by atoms with Gasteiger partial charge in [-0.05, 0) is 38.3 Å². The lowest BCUT2D eigenvalue weighted by Crippen LogP contribution is -2.49. The standard InChI is InChI=1S/C17H29N5O.3ClH/c1-20(17(23)15-4-2-7-18-14-15)16-5-10-21(11-6-16)12-13-22-9-3-8-19-22;;;/h3,8-9,15-16,18H,2,4-7,10-14H2,1H3;3*1H. The first-order chi connectivity index (χ1) is 11.2. The number of piperidine rings is 2. The number of halogens is 3. The molecule has 0 aromatic carbocycles. The number of carbonyl (C=O) groups excluding carboxylic acids is 1. The lowest BCUT2D eigenvalue weighted by Gasteiger charge is -2.38. The molecule has 1 amide bonds. The fraction of sp³-hybridized carbons (Fsp3) is 0.765. The molecule has 152 valence electrons. The molecule has 3 rings (SSSR count). The SMILES string of the molecule is CN(C(=O)C1CCCNC1)C1CCN(CCn2cccn2)CC1.Cl.Cl.Cl. The third-order valence-corrected chi connectivity index (χ3v) is 5.30. The van der Waals surface area contributed by atoms with E-state index in [1.807, 2.05) is 35.1 Å². The van der Waals surface area contributed by atoms with E-state index in [4.69, 9.17) is 0 Å². The zero-order chi connectivity index (χ0) is 16.1. The van der Waals surface area contributed by atoms with Gasteiger partial charge < -0.3 is 15.1 Å². The summed E-state index contributed by atoms with van der Waals surface area (Å²) in [6.45, 7) is 6.05. The van der Waals surface area contributed by atoms with Crippen molar-refractivity contribution >= 4 is 43.1 Å². The van der Waals surface area contributed by atoms with Gasteiger partial charge in [0, 0.05) is 51.7 Å². The molecule has 2 saturated heterocycles. The second kappa shape index (κ2) is 12.8. The predicted molar refractivity (Wildman–Crippen MR) is 112 cm³/mol. The Hall–Kier alpha value is -0.530. The first-order valence-electron chi connectivity index (χ1n) is 8.91. The molecule has 1 aromatic heterocycles. The fourth-order valence-electron chi connectivity index (χ4n) is 3.74. The molecule has 0 spiro atoms. The average Bonchev–Trinajstić information content (AvgIpc) is 3.13. The van der Waals surface area contributed by atoms with Crippen LogP contribution in [-0.4, -0.2) is 71.3 Å². The zero-order valence-electron chi connectivity index (χ0n) is 15.4. The van der Waals surface area contributed by atoms with Gasteiger partial charge in [0.1, 0.15) is 0 Å². The monoisotopic (exact) mass is 427 g/mol. The topological polar surface area (TPSA) is 53.4 Å². The number of amides is 1. The highest BCUT2D eigenvalue weighted by atomic mass is 35.5. The van der Waals surface area contributed by atoms with Crippen molar-refractivity contribution in [2.24, 2.45) is 5.92 Å². The molecule has 1 unspecified atom stereocenters. The van der Waals surface area contributed by atoms with Crippen LogP contribution >= 0.6 is 37.2 Å². The molecule has 3 heterocycles. The van der Waals surface area contributed by atoms with E-state index in [9.17, 15) is 4.79 Å². The van der Waals surface area contributed by atoms with Crippen LogP contribution in [0.1, 0.15) is 25.7 Å². The van der Waals surface area contributed by atoms with Crippen LogP contribution in [0, 0.1) is 5.92 Å². The molecule has 1 atom stereocenters. The number of likely N-dealkylation sites (tertiary alicyclic amines) is 1. The Morgan fingerprint density at radius 2 is 1.92 bits per heavy atom. The van der Waals surface area contributed by atoms with Crippen LogP contribution < -0.4 is 5.32 Å². The first-order valence-corrected chi connectivity index (χ1v) is 8.91. The summed E-state index contributed by atoms with van der Waals surface area (Å²) in [6.07, 6.45) is 8.17. The molecule has 2 fully saturated rings. The fourth-order valence-corrected chi connectivity index (χ4v) is 3.74. The highest BCUT2D eigenvalue weighted by molar-refractivity contribution is 5.86. The van der Waals surface area contributed by atoms with Gasteiger partial charge in [-0.2, -0.15) is 5.10 Å². The van der Waals surface area contributed by atoms with Crippen molar-refractivity contribution in [3.05, 3.63) is 18.5 Å². The maximum atomic E-state index is 12.6. The van der Waals surface area contributed by atoms with Crippen molar-refractivity contribution in [1.29, 1.82) is 0 Å². The van der Waals surface area contributed by atoms with E-state index in [-0.39, 0.29) is 43.1 Å². The summed E-state index contributed by atoms with van der Waals surface area (Å²) in [6, 6.07) is 2.37. The minimum Gasteiger partial charge on any atom is -0.342 e. The van der Waals surface area contributed by atoms with Crippen molar-refractivity contribution in [2.75, 3.05) is 39.8 Å². The molecule has 9 heteroatoms. The average molecular weight is 429 g/mol. The van der Waals surface area contributed by atoms with Crippen molar-refractivity contribution in [1.82, 2.24) is 24.9 Å². The zero-order valence-corrected chi connectivity index (χ0v) is 17.8. The summed E-state index contributed by atoms with van der Waals surface area (Å²) in [5, 5.41) is 7.60. The number of hydrogen-bond acceptors (Lipinski definition) is 4. The van der Waals surface area contributed by atoms with E-state index in [2.05, 4.69) is 15.3 Å². The minimum atomic E-state index is 0. The number of rotatable bonds is 5. The molecule has 2 aliphatic rings. The maximum Gasteiger partial charge on any atom is 0.226 e. The Kier molecular flexibility index (Phi) is 12.5. The van der Waals surface area contributed by atoms with E-state index in [0.717, 1.165) is 65.0 Å². The smallest absolute Gasteiger partial charge is 0.226 e. The minimum absolute atomic E-state index is 0. The summed E-state index contributed by atoms with van der Waals surface area (Å²) in [7, 11) is 2.00. The van der Waals surface area contributed by atoms with Crippen LogP contribution in [0.4, 0.5) is 0 Å². The van der Waals surface area contributed by atoms with Crippen molar-refractivity contribution in [3.63, 3.8) is 0 Å². The molecular weight excluding hydrogens is 397 g/mol. The van der Waals surface area contributed by atoms with Crippen LogP contribution in [0.5, 0.6) is 0 Å². The van der Waals surface area contributed by atoms with Gasteiger partial charge in [0.05, 0.1) is 12.5 Å². The molecule has 6 nitrogen and oxygen atoms in total. The number of carbonyl (C=O) groups is 1. The second-order valence-corrected chi connectivity index (χ2v) is 6.83. The van der Waals surface area contributed by atoms with Gasteiger partial charge in [0.25, 0.3) is 0 Å². The highest BCUT2D eigenvalue weighted by Gasteiger charge is 2.30. The van der Waals surface area contributed by atoms with Gasteiger partial charge in [-0.3, -0.25) is 9.48 Å². The summed E-state index contributed by atoms with van der Waals surface area (Å²) < 4.78 is 1.98. The Morgan fingerprint density at radius 3 is 2.50 bits per heavy atom. The molecule has 0 aliphatic carbocycles.